The van der Waals surface area contributed by atoms with Crippen molar-refractivity contribution in [1.29, 1.82) is 0 Å². The van der Waals surface area contributed by atoms with Gasteiger partial charge in [-0.2, -0.15) is 5.10 Å². The van der Waals surface area contributed by atoms with E-state index in [0.29, 0.717) is 30.4 Å². The predicted octanol–water partition coefficient (Wildman–Crippen LogP) is 1.98. The molecule has 1 saturated heterocycles. The van der Waals surface area contributed by atoms with E-state index in [4.69, 9.17) is 16.3 Å². The lowest BCUT2D eigenvalue weighted by Crippen LogP contribution is -2.49. The number of rotatable bonds is 7. The number of benzene rings is 1. The molecule has 8 nitrogen and oxygen atoms in total. The maximum atomic E-state index is 12.5. The molecule has 1 aromatic heterocycles. The molecular weight excluding hydrogens is 418 g/mol. The number of carbonyl (C=O) groups is 2. The molecule has 1 fully saturated rings. The van der Waals surface area contributed by atoms with Gasteiger partial charge in [-0.25, -0.2) is 0 Å². The molecule has 0 bridgehead atoms. The third-order valence-electron chi connectivity index (χ3n) is 5.34. The second kappa shape index (κ2) is 10.5. The van der Waals surface area contributed by atoms with Gasteiger partial charge in [-0.15, -0.1) is 0 Å². The lowest BCUT2D eigenvalue weighted by atomic mass is 10.2. The fourth-order valence-corrected chi connectivity index (χ4v) is 3.70. The molecule has 0 radical (unpaired) electrons. The minimum absolute atomic E-state index is 0.0354. The molecule has 3 rings (SSSR count). The van der Waals surface area contributed by atoms with E-state index in [9.17, 15) is 9.59 Å². The average molecular weight is 446 g/mol. The number of aromatic nitrogens is 2. The summed E-state index contributed by atoms with van der Waals surface area (Å²) in [6.07, 6.45) is 3.29. The molecule has 1 N–H and O–H groups in total. The van der Waals surface area contributed by atoms with Crippen LogP contribution in [0.5, 0.6) is 5.75 Å². The van der Waals surface area contributed by atoms with Crippen LogP contribution in [0.15, 0.2) is 30.3 Å². The normalized spacial score (nSPS) is 14.8. The Morgan fingerprint density at radius 2 is 1.87 bits per heavy atom. The molecule has 0 spiro atoms. The van der Waals surface area contributed by atoms with Crippen LogP contribution in [0.2, 0.25) is 5.15 Å². The SMILES string of the molecule is COc1ccc(C(=O)NCCN2CCN(C(=O)/C=C/c3c(C)nn(C)c3Cl)CC2)cc1. The standard InChI is InChI=1S/C22H28ClN5O3/c1-16-19(21(23)26(2)25-16)8-9-20(29)28-14-12-27(13-15-28)11-10-24-22(30)17-4-6-18(31-3)7-5-17/h4-9H,10-15H2,1-3H3,(H,24,30)/b9-8+. The fourth-order valence-electron chi connectivity index (χ4n) is 3.46. The summed E-state index contributed by atoms with van der Waals surface area (Å²) < 4.78 is 6.69. The number of nitrogens with one attached hydrogen (secondary N) is 1. The zero-order valence-electron chi connectivity index (χ0n) is 18.1. The largest absolute Gasteiger partial charge is 0.497 e. The zero-order valence-corrected chi connectivity index (χ0v) is 18.9. The molecule has 9 heteroatoms. The Balaban J connectivity index is 1.40. The topological polar surface area (TPSA) is 79.7 Å². The lowest BCUT2D eigenvalue weighted by Gasteiger charge is -2.34. The molecule has 1 aliphatic rings. The molecule has 2 amide bonds. The van der Waals surface area contributed by atoms with Crippen LogP contribution in [0.1, 0.15) is 21.6 Å². The number of hydrogen-bond acceptors (Lipinski definition) is 5. The quantitative estimate of drug-likeness (QED) is 0.659. The molecule has 0 aliphatic carbocycles. The number of ether oxygens (including phenoxy) is 1. The van der Waals surface area contributed by atoms with Gasteiger partial charge >= 0.3 is 0 Å². The van der Waals surface area contributed by atoms with E-state index >= 15 is 0 Å². The minimum Gasteiger partial charge on any atom is -0.497 e. The predicted molar refractivity (Wildman–Crippen MR) is 120 cm³/mol. The number of hydrogen-bond donors (Lipinski definition) is 1. The third kappa shape index (κ3) is 5.86. The molecule has 2 aromatic rings. The molecule has 1 aromatic carbocycles. The minimum atomic E-state index is -0.106. The number of carbonyl (C=O) groups excluding carboxylic acids is 2. The lowest BCUT2D eigenvalue weighted by molar-refractivity contribution is -0.127. The summed E-state index contributed by atoms with van der Waals surface area (Å²) in [5, 5.41) is 7.70. The highest BCUT2D eigenvalue weighted by atomic mass is 35.5. The Labute approximate surface area is 187 Å². The second-order valence-corrected chi connectivity index (χ2v) is 7.76. The molecular formula is C22H28ClN5O3. The van der Waals surface area contributed by atoms with Gasteiger partial charge < -0.3 is 15.0 Å². The first-order chi connectivity index (χ1) is 14.9. The van der Waals surface area contributed by atoms with Gasteiger partial charge in [0.05, 0.1) is 12.8 Å². The van der Waals surface area contributed by atoms with E-state index in [1.165, 1.54) is 0 Å². The molecule has 166 valence electrons. The smallest absolute Gasteiger partial charge is 0.251 e. The zero-order chi connectivity index (χ0) is 22.4. The van der Waals surface area contributed by atoms with Crippen molar-refractivity contribution in [2.45, 2.75) is 6.92 Å². The number of nitrogens with zero attached hydrogens (tertiary/aromatic N) is 4. The maximum absolute atomic E-state index is 12.5. The number of aryl methyl sites for hydroxylation is 2. The van der Waals surface area contributed by atoms with Gasteiger partial charge in [-0.05, 0) is 37.3 Å². The Kier molecular flexibility index (Phi) is 7.70. The molecule has 2 heterocycles. The fraction of sp³-hybridized carbons (Fsp3) is 0.409. The van der Waals surface area contributed by atoms with E-state index in [-0.39, 0.29) is 11.8 Å². The second-order valence-electron chi connectivity index (χ2n) is 7.40. The summed E-state index contributed by atoms with van der Waals surface area (Å²) in [5.41, 5.74) is 2.16. The summed E-state index contributed by atoms with van der Waals surface area (Å²) in [5.74, 6) is 0.579. The number of methoxy groups -OCH3 is 1. The van der Waals surface area contributed by atoms with Crippen molar-refractivity contribution < 1.29 is 14.3 Å². The molecule has 31 heavy (non-hydrogen) atoms. The summed E-state index contributed by atoms with van der Waals surface area (Å²) in [6.45, 7) is 5.99. The van der Waals surface area contributed by atoms with Crippen molar-refractivity contribution in [2.24, 2.45) is 7.05 Å². The van der Waals surface area contributed by atoms with Crippen LogP contribution in [0.3, 0.4) is 0 Å². The van der Waals surface area contributed by atoms with Crippen molar-refractivity contribution in [3.8, 4) is 5.75 Å². The first kappa shape index (κ1) is 22.8. The summed E-state index contributed by atoms with van der Waals surface area (Å²) >= 11 is 6.21. The van der Waals surface area contributed by atoms with E-state index < -0.39 is 0 Å². The van der Waals surface area contributed by atoms with Crippen LogP contribution in [0.25, 0.3) is 6.08 Å². The van der Waals surface area contributed by atoms with E-state index in [0.717, 1.165) is 36.6 Å². The maximum Gasteiger partial charge on any atom is 0.251 e. The molecule has 0 unspecified atom stereocenters. The van der Waals surface area contributed by atoms with Crippen LogP contribution in [0, 0.1) is 6.92 Å². The highest BCUT2D eigenvalue weighted by molar-refractivity contribution is 6.31. The Bertz CT molecular complexity index is 947. The van der Waals surface area contributed by atoms with E-state index in [1.54, 1.807) is 55.3 Å². The third-order valence-corrected chi connectivity index (χ3v) is 5.79. The van der Waals surface area contributed by atoms with Crippen LogP contribution in [-0.2, 0) is 11.8 Å². The van der Waals surface area contributed by atoms with E-state index in [1.807, 2.05) is 11.8 Å². The van der Waals surface area contributed by atoms with Crippen LogP contribution < -0.4 is 10.1 Å². The monoisotopic (exact) mass is 445 g/mol. The van der Waals surface area contributed by atoms with Crippen LogP contribution in [0.4, 0.5) is 0 Å². The van der Waals surface area contributed by atoms with Crippen molar-refractivity contribution in [2.75, 3.05) is 46.4 Å². The first-order valence-corrected chi connectivity index (χ1v) is 10.6. The van der Waals surface area contributed by atoms with Crippen LogP contribution >= 0.6 is 11.6 Å². The molecule has 0 atom stereocenters. The Morgan fingerprint density at radius 3 is 2.45 bits per heavy atom. The number of amides is 2. The Hall–Kier alpha value is -2.84. The van der Waals surface area contributed by atoms with Gasteiger partial charge in [0.25, 0.3) is 5.91 Å². The van der Waals surface area contributed by atoms with Crippen molar-refractivity contribution in [3.05, 3.63) is 52.3 Å². The van der Waals surface area contributed by atoms with Gasteiger partial charge in [-0.3, -0.25) is 19.2 Å². The summed E-state index contributed by atoms with van der Waals surface area (Å²) in [7, 11) is 3.36. The Morgan fingerprint density at radius 1 is 1.19 bits per heavy atom. The highest BCUT2D eigenvalue weighted by Crippen LogP contribution is 2.20. The summed E-state index contributed by atoms with van der Waals surface area (Å²) in [6, 6.07) is 7.02. The highest BCUT2D eigenvalue weighted by Gasteiger charge is 2.20. The first-order valence-electron chi connectivity index (χ1n) is 10.2. The summed E-state index contributed by atoms with van der Waals surface area (Å²) in [4.78, 5) is 28.8. The van der Waals surface area contributed by atoms with Gasteiger partial charge in [-0.1, -0.05) is 11.6 Å². The van der Waals surface area contributed by atoms with Crippen molar-refractivity contribution >= 4 is 29.5 Å². The van der Waals surface area contributed by atoms with Crippen molar-refractivity contribution in [1.82, 2.24) is 24.9 Å². The molecule has 1 aliphatic heterocycles. The van der Waals surface area contributed by atoms with Gasteiger partial charge in [0.1, 0.15) is 10.9 Å². The van der Waals surface area contributed by atoms with Gasteiger partial charge in [0.2, 0.25) is 5.91 Å². The number of halogens is 1. The molecule has 0 saturated carbocycles. The van der Waals surface area contributed by atoms with E-state index in [2.05, 4.69) is 15.3 Å². The van der Waals surface area contributed by atoms with Gasteiger partial charge in [0, 0.05) is 63.5 Å². The van der Waals surface area contributed by atoms with Crippen molar-refractivity contribution in [3.63, 3.8) is 0 Å². The number of piperazine rings is 1. The van der Waals surface area contributed by atoms with Crippen LogP contribution in [-0.4, -0.2) is 77.8 Å². The average Bonchev–Trinajstić information content (AvgIpc) is 3.03. The van der Waals surface area contributed by atoms with Gasteiger partial charge in [0.15, 0.2) is 0 Å².